The van der Waals surface area contributed by atoms with Crippen LogP contribution in [0, 0.1) is 5.41 Å². The molecule has 17 heavy (non-hydrogen) atoms. The van der Waals surface area contributed by atoms with Gasteiger partial charge in [0.2, 0.25) is 0 Å². The van der Waals surface area contributed by atoms with Gasteiger partial charge in [-0.25, -0.2) is 0 Å². The van der Waals surface area contributed by atoms with Crippen molar-refractivity contribution in [3.63, 3.8) is 0 Å². The molecule has 1 fully saturated rings. The maximum absolute atomic E-state index is 9.05. The minimum absolute atomic E-state index is 0.000320. The van der Waals surface area contributed by atoms with Gasteiger partial charge in [-0.1, -0.05) is 6.07 Å². The molecule has 1 aromatic rings. The van der Waals surface area contributed by atoms with Crippen LogP contribution in [0.4, 0.5) is 0 Å². The fourth-order valence-electron chi connectivity index (χ4n) is 1.99. The Balaban J connectivity index is 2.13. The zero-order valence-corrected chi connectivity index (χ0v) is 9.76. The lowest BCUT2D eigenvalue weighted by molar-refractivity contribution is 0.183. The van der Waals surface area contributed by atoms with E-state index in [0.717, 1.165) is 5.56 Å². The first-order valence-electron chi connectivity index (χ1n) is 5.85. The quantitative estimate of drug-likeness (QED) is 0.489. The van der Waals surface area contributed by atoms with Gasteiger partial charge < -0.3 is 10.8 Å². The molecule has 0 spiro atoms. The smallest absolute Gasteiger partial charge is 0.142 e. The zero-order valence-electron chi connectivity index (χ0n) is 9.76. The summed E-state index contributed by atoms with van der Waals surface area (Å²) in [7, 11) is 0. The van der Waals surface area contributed by atoms with Gasteiger partial charge in [0.1, 0.15) is 11.5 Å². The standard InChI is InChI=1S/C12H18N4O/c13-12(14)11-9(2-1-5-15-11)8-16(6-7-17)10-3-4-10/h1-2,5,10,17H,3-4,6-8H2,(H3,13,14). The lowest BCUT2D eigenvalue weighted by Gasteiger charge is -2.21. The van der Waals surface area contributed by atoms with E-state index in [1.807, 2.05) is 12.1 Å². The van der Waals surface area contributed by atoms with E-state index in [0.29, 0.717) is 24.8 Å². The molecule has 1 aromatic heterocycles. The van der Waals surface area contributed by atoms with Crippen molar-refractivity contribution in [1.82, 2.24) is 9.88 Å². The highest BCUT2D eigenvalue weighted by molar-refractivity contribution is 5.94. The normalized spacial score (nSPS) is 15.2. The number of aromatic nitrogens is 1. The third kappa shape index (κ3) is 3.01. The molecule has 0 bridgehead atoms. The first-order chi connectivity index (χ1) is 8.22. The largest absolute Gasteiger partial charge is 0.395 e. The molecule has 1 heterocycles. The van der Waals surface area contributed by atoms with Gasteiger partial charge in [-0.15, -0.1) is 0 Å². The van der Waals surface area contributed by atoms with E-state index in [9.17, 15) is 0 Å². The highest BCUT2D eigenvalue weighted by Gasteiger charge is 2.29. The molecule has 0 unspecified atom stereocenters. The second kappa shape index (κ2) is 5.25. The molecule has 5 nitrogen and oxygen atoms in total. The van der Waals surface area contributed by atoms with Crippen molar-refractivity contribution in [1.29, 1.82) is 5.41 Å². The molecule has 0 aromatic carbocycles. The second-order valence-corrected chi connectivity index (χ2v) is 4.35. The van der Waals surface area contributed by atoms with Gasteiger partial charge in [-0.05, 0) is 24.5 Å². The van der Waals surface area contributed by atoms with Gasteiger partial charge >= 0.3 is 0 Å². The Morgan fingerprint density at radius 1 is 1.59 bits per heavy atom. The van der Waals surface area contributed by atoms with Gasteiger partial charge in [0.25, 0.3) is 0 Å². The van der Waals surface area contributed by atoms with Crippen LogP contribution in [-0.2, 0) is 6.54 Å². The summed E-state index contributed by atoms with van der Waals surface area (Å²) in [4.78, 5) is 6.36. The fraction of sp³-hybridized carbons (Fsp3) is 0.500. The molecule has 0 atom stereocenters. The summed E-state index contributed by atoms with van der Waals surface area (Å²) in [5, 5.41) is 16.5. The summed E-state index contributed by atoms with van der Waals surface area (Å²) in [5.74, 6) is 0.000320. The first kappa shape index (κ1) is 12.0. The fourth-order valence-corrected chi connectivity index (χ4v) is 1.99. The third-order valence-electron chi connectivity index (χ3n) is 2.97. The number of nitrogens with zero attached hydrogens (tertiary/aromatic N) is 2. The lowest BCUT2D eigenvalue weighted by atomic mass is 10.1. The molecule has 0 radical (unpaired) electrons. The van der Waals surface area contributed by atoms with E-state index in [1.54, 1.807) is 6.20 Å². The van der Waals surface area contributed by atoms with E-state index < -0.39 is 0 Å². The Bertz CT molecular complexity index is 403. The number of aliphatic hydroxyl groups is 1. The Kier molecular flexibility index (Phi) is 3.71. The van der Waals surface area contributed by atoms with Crippen LogP contribution in [0.5, 0.6) is 0 Å². The van der Waals surface area contributed by atoms with Crippen molar-refractivity contribution in [3.8, 4) is 0 Å². The van der Waals surface area contributed by atoms with Crippen LogP contribution in [0.15, 0.2) is 18.3 Å². The highest BCUT2D eigenvalue weighted by Crippen LogP contribution is 2.28. The number of pyridine rings is 1. The van der Waals surface area contributed by atoms with Crippen molar-refractivity contribution < 1.29 is 5.11 Å². The number of hydrogen-bond donors (Lipinski definition) is 3. The van der Waals surface area contributed by atoms with E-state index in [1.165, 1.54) is 12.8 Å². The maximum atomic E-state index is 9.05. The monoisotopic (exact) mass is 234 g/mol. The summed E-state index contributed by atoms with van der Waals surface area (Å²) in [6.45, 7) is 1.52. The highest BCUT2D eigenvalue weighted by atomic mass is 16.3. The van der Waals surface area contributed by atoms with Gasteiger partial charge in [-0.3, -0.25) is 15.3 Å². The molecule has 1 aliphatic carbocycles. The van der Waals surface area contributed by atoms with Crippen molar-refractivity contribution in [2.24, 2.45) is 5.73 Å². The van der Waals surface area contributed by atoms with Gasteiger partial charge in [0.05, 0.1) is 6.61 Å². The number of nitrogen functional groups attached to an aromatic ring is 1. The number of nitrogens with one attached hydrogen (secondary N) is 1. The van der Waals surface area contributed by atoms with Crippen molar-refractivity contribution >= 4 is 5.84 Å². The molecule has 2 rings (SSSR count). The summed E-state index contributed by atoms with van der Waals surface area (Å²) >= 11 is 0. The molecule has 0 saturated heterocycles. The molecule has 0 amide bonds. The average Bonchev–Trinajstić information content (AvgIpc) is 3.13. The third-order valence-corrected chi connectivity index (χ3v) is 2.97. The number of hydrogen-bond acceptors (Lipinski definition) is 4. The van der Waals surface area contributed by atoms with Crippen LogP contribution in [0.1, 0.15) is 24.1 Å². The Morgan fingerprint density at radius 2 is 2.35 bits per heavy atom. The Morgan fingerprint density at radius 3 is 2.94 bits per heavy atom. The summed E-state index contributed by atoms with van der Waals surface area (Å²) in [6, 6.07) is 4.37. The Hall–Kier alpha value is -1.46. The minimum atomic E-state index is 0.000320. The summed E-state index contributed by atoms with van der Waals surface area (Å²) < 4.78 is 0. The first-order valence-corrected chi connectivity index (χ1v) is 5.85. The summed E-state index contributed by atoms with van der Waals surface area (Å²) in [5.41, 5.74) is 7.02. The van der Waals surface area contributed by atoms with Gasteiger partial charge in [0, 0.05) is 25.3 Å². The predicted octanol–water partition coefficient (Wildman–Crippen LogP) is 0.322. The average molecular weight is 234 g/mol. The van der Waals surface area contributed by atoms with Crippen molar-refractivity contribution in [3.05, 3.63) is 29.6 Å². The van der Waals surface area contributed by atoms with Crippen LogP contribution in [-0.4, -0.2) is 40.0 Å². The molecule has 4 N–H and O–H groups in total. The van der Waals surface area contributed by atoms with Crippen molar-refractivity contribution in [2.75, 3.05) is 13.2 Å². The SMILES string of the molecule is N=C(N)c1ncccc1CN(CCO)C1CC1. The number of nitrogens with two attached hydrogens (primary N) is 1. The van der Waals surface area contributed by atoms with E-state index in [2.05, 4.69) is 9.88 Å². The van der Waals surface area contributed by atoms with Crippen LogP contribution >= 0.6 is 0 Å². The molecule has 1 aliphatic rings. The molecular formula is C12H18N4O. The van der Waals surface area contributed by atoms with Gasteiger partial charge in [0.15, 0.2) is 0 Å². The predicted molar refractivity (Wildman–Crippen MR) is 65.8 cm³/mol. The number of rotatable bonds is 6. The van der Waals surface area contributed by atoms with E-state index in [4.69, 9.17) is 16.2 Å². The molecular weight excluding hydrogens is 216 g/mol. The molecule has 0 aliphatic heterocycles. The van der Waals surface area contributed by atoms with Crippen LogP contribution in [0.25, 0.3) is 0 Å². The summed E-state index contributed by atoms with van der Waals surface area (Å²) in [6.07, 6.45) is 4.03. The lowest BCUT2D eigenvalue weighted by Crippen LogP contribution is -2.30. The van der Waals surface area contributed by atoms with Crippen molar-refractivity contribution in [2.45, 2.75) is 25.4 Å². The topological polar surface area (TPSA) is 86.2 Å². The van der Waals surface area contributed by atoms with Crippen LogP contribution < -0.4 is 5.73 Å². The van der Waals surface area contributed by atoms with Crippen LogP contribution in [0.3, 0.4) is 0 Å². The zero-order chi connectivity index (χ0) is 12.3. The van der Waals surface area contributed by atoms with Gasteiger partial charge in [-0.2, -0.15) is 0 Å². The molecule has 92 valence electrons. The second-order valence-electron chi connectivity index (χ2n) is 4.35. The van der Waals surface area contributed by atoms with Crippen LogP contribution in [0.2, 0.25) is 0 Å². The number of aliphatic hydroxyl groups excluding tert-OH is 1. The van der Waals surface area contributed by atoms with E-state index in [-0.39, 0.29) is 12.4 Å². The van der Waals surface area contributed by atoms with E-state index >= 15 is 0 Å². The molecule has 1 saturated carbocycles. The molecule has 5 heteroatoms. The number of amidine groups is 1. The minimum Gasteiger partial charge on any atom is -0.395 e. The maximum Gasteiger partial charge on any atom is 0.142 e. The Labute approximate surface area is 101 Å².